The standard InChI is InChI=1S/C20H16N4O2/c21-12-14-7-5-13(6-8-14)11-18(19(22)25)24-20(26)16-9-10-23-17-4-2-1-3-15(16)17/h1-10,18H,11H2,(H2,22,25)(H,24,26)/t18-/m0/s1. The Bertz CT molecular complexity index is 1000. The van der Waals surface area contributed by atoms with E-state index in [2.05, 4.69) is 10.3 Å². The number of hydrogen-bond donors (Lipinski definition) is 2. The lowest BCUT2D eigenvalue weighted by atomic mass is 10.0. The van der Waals surface area contributed by atoms with Crippen LogP contribution in [0.1, 0.15) is 21.5 Å². The molecule has 0 spiro atoms. The summed E-state index contributed by atoms with van der Waals surface area (Å²) in [6.45, 7) is 0. The number of nitrogens with zero attached hydrogens (tertiary/aromatic N) is 2. The van der Waals surface area contributed by atoms with Crippen molar-refractivity contribution in [3.05, 3.63) is 77.5 Å². The Hall–Kier alpha value is -3.72. The molecule has 0 aliphatic carbocycles. The highest BCUT2D eigenvalue weighted by Gasteiger charge is 2.20. The van der Waals surface area contributed by atoms with Crippen molar-refractivity contribution in [1.82, 2.24) is 10.3 Å². The van der Waals surface area contributed by atoms with E-state index in [4.69, 9.17) is 11.0 Å². The fraction of sp³-hybridized carbons (Fsp3) is 0.100. The first-order valence-electron chi connectivity index (χ1n) is 8.01. The lowest BCUT2D eigenvalue weighted by Crippen LogP contribution is -2.45. The molecule has 0 radical (unpaired) electrons. The fourth-order valence-electron chi connectivity index (χ4n) is 2.70. The number of para-hydroxylation sites is 1. The predicted molar refractivity (Wildman–Crippen MR) is 97.1 cm³/mol. The first kappa shape index (κ1) is 17.1. The summed E-state index contributed by atoms with van der Waals surface area (Å²) in [6.07, 6.45) is 1.80. The van der Waals surface area contributed by atoms with Gasteiger partial charge in [0.2, 0.25) is 5.91 Å². The molecule has 6 heteroatoms. The van der Waals surface area contributed by atoms with Crippen molar-refractivity contribution in [2.75, 3.05) is 0 Å². The van der Waals surface area contributed by atoms with E-state index in [1.165, 1.54) is 0 Å². The van der Waals surface area contributed by atoms with E-state index in [0.717, 1.165) is 5.56 Å². The van der Waals surface area contributed by atoms with E-state index in [0.29, 0.717) is 22.0 Å². The van der Waals surface area contributed by atoms with E-state index < -0.39 is 11.9 Å². The van der Waals surface area contributed by atoms with Gasteiger partial charge in [-0.25, -0.2) is 0 Å². The third-order valence-corrected chi connectivity index (χ3v) is 4.07. The first-order chi connectivity index (χ1) is 12.6. The Morgan fingerprint density at radius 2 is 1.85 bits per heavy atom. The van der Waals surface area contributed by atoms with Crippen LogP contribution >= 0.6 is 0 Å². The number of amides is 2. The molecular weight excluding hydrogens is 328 g/mol. The van der Waals surface area contributed by atoms with Crippen LogP contribution in [0.2, 0.25) is 0 Å². The minimum absolute atomic E-state index is 0.246. The van der Waals surface area contributed by atoms with Crippen molar-refractivity contribution < 1.29 is 9.59 Å². The molecule has 1 heterocycles. The first-order valence-corrected chi connectivity index (χ1v) is 8.01. The number of hydrogen-bond acceptors (Lipinski definition) is 4. The highest BCUT2D eigenvalue weighted by molar-refractivity contribution is 6.07. The second kappa shape index (κ2) is 7.45. The molecule has 0 saturated heterocycles. The number of aromatic nitrogens is 1. The lowest BCUT2D eigenvalue weighted by molar-refractivity contribution is -0.119. The van der Waals surface area contributed by atoms with Crippen molar-refractivity contribution in [3.8, 4) is 6.07 Å². The number of nitrogens with one attached hydrogen (secondary N) is 1. The number of carbonyl (C=O) groups is 2. The number of nitriles is 1. The lowest BCUT2D eigenvalue weighted by Gasteiger charge is -2.16. The number of primary amides is 1. The van der Waals surface area contributed by atoms with Gasteiger partial charge in [0.05, 0.1) is 22.7 Å². The maximum absolute atomic E-state index is 12.7. The van der Waals surface area contributed by atoms with Crippen LogP contribution in [0.15, 0.2) is 60.8 Å². The smallest absolute Gasteiger partial charge is 0.252 e. The van der Waals surface area contributed by atoms with Crippen molar-refractivity contribution in [1.29, 1.82) is 5.26 Å². The Balaban J connectivity index is 1.82. The second-order valence-corrected chi connectivity index (χ2v) is 5.82. The number of rotatable bonds is 5. The summed E-state index contributed by atoms with van der Waals surface area (Å²) in [5.74, 6) is -1.01. The normalized spacial score (nSPS) is 11.5. The molecule has 3 aromatic rings. The molecule has 2 amide bonds. The highest BCUT2D eigenvalue weighted by Crippen LogP contribution is 2.16. The summed E-state index contributed by atoms with van der Waals surface area (Å²) in [7, 11) is 0. The zero-order valence-corrected chi connectivity index (χ0v) is 13.8. The van der Waals surface area contributed by atoms with E-state index in [1.807, 2.05) is 24.3 Å². The van der Waals surface area contributed by atoms with Crippen LogP contribution in [0.5, 0.6) is 0 Å². The van der Waals surface area contributed by atoms with Crippen molar-refractivity contribution in [2.24, 2.45) is 5.73 Å². The third kappa shape index (κ3) is 3.68. The summed E-state index contributed by atoms with van der Waals surface area (Å²) in [5, 5.41) is 12.2. The zero-order chi connectivity index (χ0) is 18.5. The van der Waals surface area contributed by atoms with Crippen molar-refractivity contribution in [2.45, 2.75) is 12.5 Å². The molecule has 0 aliphatic rings. The SMILES string of the molecule is N#Cc1ccc(C[C@H](NC(=O)c2ccnc3ccccc23)C(N)=O)cc1. The molecule has 26 heavy (non-hydrogen) atoms. The number of carbonyl (C=O) groups excluding carboxylic acids is 2. The van der Waals surface area contributed by atoms with Gasteiger partial charge in [0, 0.05) is 18.0 Å². The third-order valence-electron chi connectivity index (χ3n) is 4.07. The van der Waals surface area contributed by atoms with Gasteiger partial charge in [0.1, 0.15) is 6.04 Å². The highest BCUT2D eigenvalue weighted by atomic mass is 16.2. The molecule has 3 N–H and O–H groups in total. The number of pyridine rings is 1. The molecule has 0 aliphatic heterocycles. The maximum Gasteiger partial charge on any atom is 0.252 e. The fourth-order valence-corrected chi connectivity index (χ4v) is 2.70. The maximum atomic E-state index is 12.7. The molecule has 2 aromatic carbocycles. The Morgan fingerprint density at radius 1 is 1.12 bits per heavy atom. The summed E-state index contributed by atoms with van der Waals surface area (Å²) in [5.41, 5.74) is 7.91. The molecule has 1 atom stereocenters. The Labute approximate surface area is 150 Å². The minimum atomic E-state index is -0.859. The molecular formula is C20H16N4O2. The van der Waals surface area contributed by atoms with Crippen molar-refractivity contribution in [3.63, 3.8) is 0 Å². The zero-order valence-electron chi connectivity index (χ0n) is 13.8. The second-order valence-electron chi connectivity index (χ2n) is 5.82. The van der Waals surface area contributed by atoms with Crippen LogP contribution in [0.4, 0.5) is 0 Å². The van der Waals surface area contributed by atoms with Gasteiger partial charge >= 0.3 is 0 Å². The molecule has 0 fully saturated rings. The van der Waals surface area contributed by atoms with Gasteiger partial charge in [-0.2, -0.15) is 5.26 Å². The largest absolute Gasteiger partial charge is 0.368 e. The van der Waals surface area contributed by atoms with Gasteiger partial charge in [-0.15, -0.1) is 0 Å². The van der Waals surface area contributed by atoms with Crippen LogP contribution in [-0.4, -0.2) is 22.8 Å². The van der Waals surface area contributed by atoms with Crippen LogP contribution in [-0.2, 0) is 11.2 Å². The number of nitrogens with two attached hydrogens (primary N) is 1. The van der Waals surface area contributed by atoms with Crippen molar-refractivity contribution >= 4 is 22.7 Å². The van der Waals surface area contributed by atoms with Crippen LogP contribution in [0, 0.1) is 11.3 Å². The van der Waals surface area contributed by atoms with Crippen LogP contribution in [0.25, 0.3) is 10.9 Å². The predicted octanol–water partition coefficient (Wildman–Crippen LogP) is 1.93. The van der Waals surface area contributed by atoms with E-state index in [1.54, 1.807) is 42.6 Å². The summed E-state index contributed by atoms with van der Waals surface area (Å²) in [6, 6.07) is 16.9. The molecule has 128 valence electrons. The van der Waals surface area contributed by atoms with E-state index in [-0.39, 0.29) is 12.3 Å². The Morgan fingerprint density at radius 3 is 2.54 bits per heavy atom. The summed E-state index contributed by atoms with van der Waals surface area (Å²) >= 11 is 0. The van der Waals surface area contributed by atoms with Crippen LogP contribution < -0.4 is 11.1 Å². The molecule has 0 unspecified atom stereocenters. The van der Waals surface area contributed by atoms with Crippen LogP contribution in [0.3, 0.4) is 0 Å². The van der Waals surface area contributed by atoms with E-state index in [9.17, 15) is 9.59 Å². The van der Waals surface area contributed by atoms with Gasteiger partial charge < -0.3 is 11.1 Å². The number of fused-ring (bicyclic) bond motifs is 1. The summed E-state index contributed by atoms with van der Waals surface area (Å²) in [4.78, 5) is 28.7. The molecule has 3 rings (SSSR count). The van der Waals surface area contributed by atoms with Gasteiger partial charge in [-0.1, -0.05) is 30.3 Å². The average Bonchev–Trinajstić information content (AvgIpc) is 2.67. The monoisotopic (exact) mass is 344 g/mol. The van der Waals surface area contributed by atoms with Gasteiger partial charge in [-0.05, 0) is 29.8 Å². The average molecular weight is 344 g/mol. The Kier molecular flexibility index (Phi) is 4.90. The quantitative estimate of drug-likeness (QED) is 0.737. The molecule has 0 bridgehead atoms. The summed E-state index contributed by atoms with van der Waals surface area (Å²) < 4.78 is 0. The van der Waals surface area contributed by atoms with Gasteiger partial charge in [0.25, 0.3) is 5.91 Å². The van der Waals surface area contributed by atoms with Gasteiger partial charge in [-0.3, -0.25) is 14.6 Å². The molecule has 1 aromatic heterocycles. The van der Waals surface area contributed by atoms with E-state index >= 15 is 0 Å². The topological polar surface area (TPSA) is 109 Å². The minimum Gasteiger partial charge on any atom is -0.368 e. The molecule has 0 saturated carbocycles. The molecule has 6 nitrogen and oxygen atoms in total. The van der Waals surface area contributed by atoms with Gasteiger partial charge in [0.15, 0.2) is 0 Å². The number of benzene rings is 2.